The summed E-state index contributed by atoms with van der Waals surface area (Å²) < 4.78 is 19.0. The van der Waals surface area contributed by atoms with Crippen LogP contribution in [-0.2, 0) is 16.0 Å². The van der Waals surface area contributed by atoms with E-state index in [2.05, 4.69) is 25.3 Å². The van der Waals surface area contributed by atoms with Crippen LogP contribution in [0.15, 0.2) is 36.4 Å². The second-order valence-corrected chi connectivity index (χ2v) is 8.59. The summed E-state index contributed by atoms with van der Waals surface area (Å²) in [5, 5.41) is 2.84. The van der Waals surface area contributed by atoms with Crippen LogP contribution in [0.1, 0.15) is 27.6 Å². The number of carbonyl (C=O) groups excluding carboxylic acids is 2. The number of benzene rings is 2. The molecule has 2 aromatic carbocycles. The van der Waals surface area contributed by atoms with Gasteiger partial charge in [-0.2, -0.15) is 0 Å². The standard InChI is InChI=1S/C25H25FN6O3/c1-14-15(2)29-20-11-16(3-5-18(20)28-14)25(34)32-9-10-35-22(13-32)24(33)27-8-7-23-30-19-6-4-17(26)12-21(19)31-23/h3-6,11-12,22H,7-10,13H2,1-2H3,(H,27,33)(H,30,31). The van der Waals surface area contributed by atoms with Crippen molar-refractivity contribution in [1.29, 1.82) is 0 Å². The van der Waals surface area contributed by atoms with E-state index >= 15 is 0 Å². The van der Waals surface area contributed by atoms with Crippen molar-refractivity contribution in [3.8, 4) is 0 Å². The molecule has 4 aromatic rings. The molecule has 0 spiro atoms. The smallest absolute Gasteiger partial charge is 0.254 e. The topological polar surface area (TPSA) is 113 Å². The maximum absolute atomic E-state index is 13.4. The second kappa shape index (κ2) is 9.38. The fourth-order valence-corrected chi connectivity index (χ4v) is 4.11. The third kappa shape index (κ3) is 4.83. The first-order chi connectivity index (χ1) is 16.9. The average Bonchev–Trinajstić information content (AvgIpc) is 3.26. The first-order valence-electron chi connectivity index (χ1n) is 11.4. The molecule has 35 heavy (non-hydrogen) atoms. The SMILES string of the molecule is Cc1nc2ccc(C(=O)N3CCOC(C(=O)NCCc4nc5ccc(F)cc5[nH]4)C3)cc2nc1C. The van der Waals surface area contributed by atoms with Crippen LogP contribution in [0.4, 0.5) is 4.39 Å². The molecule has 9 nitrogen and oxygen atoms in total. The van der Waals surface area contributed by atoms with Crippen molar-refractivity contribution in [2.24, 2.45) is 0 Å². The molecule has 0 radical (unpaired) electrons. The zero-order valence-corrected chi connectivity index (χ0v) is 19.5. The van der Waals surface area contributed by atoms with Crippen LogP contribution in [0.2, 0.25) is 0 Å². The lowest BCUT2D eigenvalue weighted by Gasteiger charge is -2.32. The zero-order valence-electron chi connectivity index (χ0n) is 19.5. The number of fused-ring (bicyclic) bond motifs is 2. The maximum Gasteiger partial charge on any atom is 0.254 e. The number of aromatic amines is 1. The average molecular weight is 477 g/mol. The van der Waals surface area contributed by atoms with Gasteiger partial charge in [-0.05, 0) is 50.2 Å². The Morgan fingerprint density at radius 3 is 2.69 bits per heavy atom. The number of morpholine rings is 1. The van der Waals surface area contributed by atoms with Crippen LogP contribution >= 0.6 is 0 Å². The molecular formula is C25H25FN6O3. The predicted molar refractivity (Wildman–Crippen MR) is 127 cm³/mol. The molecule has 3 heterocycles. The van der Waals surface area contributed by atoms with Crippen LogP contribution in [-0.4, -0.2) is 69.0 Å². The Hall–Kier alpha value is -3.92. The molecule has 180 valence electrons. The summed E-state index contributed by atoms with van der Waals surface area (Å²) in [6.07, 6.45) is -0.309. The van der Waals surface area contributed by atoms with Gasteiger partial charge in [-0.3, -0.25) is 9.59 Å². The molecule has 2 amide bonds. The number of carbonyl (C=O) groups is 2. The minimum atomic E-state index is -0.761. The number of hydrogen-bond donors (Lipinski definition) is 2. The third-order valence-electron chi connectivity index (χ3n) is 6.12. The van der Waals surface area contributed by atoms with Crippen molar-refractivity contribution in [1.82, 2.24) is 30.2 Å². The van der Waals surface area contributed by atoms with Gasteiger partial charge in [0.2, 0.25) is 0 Å². The highest BCUT2D eigenvalue weighted by Crippen LogP contribution is 2.18. The highest BCUT2D eigenvalue weighted by Gasteiger charge is 2.29. The highest BCUT2D eigenvalue weighted by atomic mass is 19.1. The summed E-state index contributed by atoms with van der Waals surface area (Å²) in [6, 6.07) is 9.61. The van der Waals surface area contributed by atoms with Crippen molar-refractivity contribution < 1.29 is 18.7 Å². The fraction of sp³-hybridized carbons (Fsp3) is 0.320. The molecule has 5 rings (SSSR count). The number of H-pyrrole nitrogens is 1. The minimum Gasteiger partial charge on any atom is -0.365 e. The normalized spacial score (nSPS) is 16.1. The molecule has 10 heteroatoms. The number of hydrogen-bond acceptors (Lipinski definition) is 6. The van der Waals surface area contributed by atoms with Gasteiger partial charge >= 0.3 is 0 Å². The Morgan fingerprint density at radius 2 is 1.86 bits per heavy atom. The lowest BCUT2D eigenvalue weighted by Crippen LogP contribution is -2.51. The fourth-order valence-electron chi connectivity index (χ4n) is 4.11. The highest BCUT2D eigenvalue weighted by molar-refractivity contribution is 5.97. The van der Waals surface area contributed by atoms with E-state index in [9.17, 15) is 14.0 Å². The van der Waals surface area contributed by atoms with Crippen molar-refractivity contribution in [2.75, 3.05) is 26.2 Å². The predicted octanol–water partition coefficient (Wildman–Crippen LogP) is 2.46. The van der Waals surface area contributed by atoms with E-state index in [1.54, 1.807) is 29.2 Å². The number of aryl methyl sites for hydroxylation is 2. The number of halogens is 1. The molecule has 0 aliphatic carbocycles. The van der Waals surface area contributed by atoms with Gasteiger partial charge in [-0.1, -0.05) is 0 Å². The molecular weight excluding hydrogens is 451 g/mol. The van der Waals surface area contributed by atoms with Gasteiger partial charge in [-0.25, -0.2) is 19.3 Å². The number of nitrogens with zero attached hydrogens (tertiary/aromatic N) is 4. The van der Waals surface area contributed by atoms with Crippen molar-refractivity contribution in [2.45, 2.75) is 26.4 Å². The molecule has 1 saturated heterocycles. The van der Waals surface area contributed by atoms with Crippen LogP contribution < -0.4 is 5.32 Å². The minimum absolute atomic E-state index is 0.158. The number of aromatic nitrogens is 4. The number of rotatable bonds is 5. The van der Waals surface area contributed by atoms with Gasteiger partial charge in [0.1, 0.15) is 11.6 Å². The van der Waals surface area contributed by atoms with E-state index in [1.165, 1.54) is 12.1 Å². The van der Waals surface area contributed by atoms with Crippen LogP contribution in [0.25, 0.3) is 22.1 Å². The van der Waals surface area contributed by atoms with Crippen LogP contribution in [0, 0.1) is 19.7 Å². The van der Waals surface area contributed by atoms with Gasteiger partial charge in [0.25, 0.3) is 11.8 Å². The molecule has 2 aromatic heterocycles. The van der Waals surface area contributed by atoms with Gasteiger partial charge in [0.15, 0.2) is 6.10 Å². The molecule has 1 unspecified atom stereocenters. The third-order valence-corrected chi connectivity index (χ3v) is 6.12. The Balaban J connectivity index is 1.19. The Morgan fingerprint density at radius 1 is 1.09 bits per heavy atom. The molecule has 0 saturated carbocycles. The largest absolute Gasteiger partial charge is 0.365 e. The summed E-state index contributed by atoms with van der Waals surface area (Å²) in [7, 11) is 0. The molecule has 2 N–H and O–H groups in total. The van der Waals surface area contributed by atoms with E-state index in [4.69, 9.17) is 4.74 Å². The molecule has 1 atom stereocenters. The molecule has 1 aliphatic rings. The van der Waals surface area contributed by atoms with E-state index in [-0.39, 0.29) is 30.8 Å². The number of amides is 2. The van der Waals surface area contributed by atoms with E-state index in [1.807, 2.05) is 13.8 Å². The first-order valence-corrected chi connectivity index (χ1v) is 11.4. The Labute approximate surface area is 200 Å². The molecule has 1 aliphatic heterocycles. The zero-order chi connectivity index (χ0) is 24.5. The van der Waals surface area contributed by atoms with Crippen molar-refractivity contribution in [3.63, 3.8) is 0 Å². The summed E-state index contributed by atoms with van der Waals surface area (Å²) in [5.74, 6) is -0.156. The Kier molecular flexibility index (Phi) is 6.12. The van der Waals surface area contributed by atoms with E-state index in [0.29, 0.717) is 47.4 Å². The van der Waals surface area contributed by atoms with Gasteiger partial charge in [0.05, 0.1) is 46.6 Å². The lowest BCUT2D eigenvalue weighted by atomic mass is 10.1. The Bertz CT molecular complexity index is 1440. The quantitative estimate of drug-likeness (QED) is 0.458. The van der Waals surface area contributed by atoms with E-state index in [0.717, 1.165) is 16.9 Å². The van der Waals surface area contributed by atoms with Gasteiger partial charge in [0, 0.05) is 25.1 Å². The molecule has 0 bridgehead atoms. The number of ether oxygens (including phenoxy) is 1. The summed E-state index contributed by atoms with van der Waals surface area (Å²) in [6.45, 7) is 4.94. The van der Waals surface area contributed by atoms with E-state index < -0.39 is 6.10 Å². The van der Waals surface area contributed by atoms with Crippen molar-refractivity contribution in [3.05, 3.63) is 65.0 Å². The van der Waals surface area contributed by atoms with Crippen molar-refractivity contribution >= 4 is 33.9 Å². The number of imidazole rings is 1. The summed E-state index contributed by atoms with van der Waals surface area (Å²) in [5.41, 5.74) is 4.85. The lowest BCUT2D eigenvalue weighted by molar-refractivity contribution is -0.137. The van der Waals surface area contributed by atoms with Gasteiger partial charge in [-0.15, -0.1) is 0 Å². The number of nitrogens with one attached hydrogen (secondary N) is 2. The monoisotopic (exact) mass is 476 g/mol. The van der Waals surface area contributed by atoms with Crippen LogP contribution in [0.5, 0.6) is 0 Å². The first kappa shape index (κ1) is 22.9. The van der Waals surface area contributed by atoms with Crippen LogP contribution in [0.3, 0.4) is 0 Å². The molecule has 1 fully saturated rings. The summed E-state index contributed by atoms with van der Waals surface area (Å²) >= 11 is 0. The van der Waals surface area contributed by atoms with Gasteiger partial charge < -0.3 is 19.9 Å². The second-order valence-electron chi connectivity index (χ2n) is 8.59. The maximum atomic E-state index is 13.4. The summed E-state index contributed by atoms with van der Waals surface area (Å²) in [4.78, 5) is 43.9.